The van der Waals surface area contributed by atoms with E-state index in [1.807, 2.05) is 6.07 Å². The number of nitrogen functional groups attached to an aromatic ring is 1. The van der Waals surface area contributed by atoms with Crippen LogP contribution >= 0.6 is 0 Å². The summed E-state index contributed by atoms with van der Waals surface area (Å²) in [7, 11) is 0. The van der Waals surface area contributed by atoms with Crippen LogP contribution in [0.2, 0.25) is 0 Å². The van der Waals surface area contributed by atoms with Crippen LogP contribution in [-0.2, 0) is 0 Å². The molecule has 0 unspecified atom stereocenters. The van der Waals surface area contributed by atoms with Crippen LogP contribution in [0, 0.1) is 0 Å². The van der Waals surface area contributed by atoms with E-state index in [-0.39, 0.29) is 12.1 Å². The molecule has 2 rings (SSSR count). The summed E-state index contributed by atoms with van der Waals surface area (Å²) in [6.07, 6.45) is 5.34. The van der Waals surface area contributed by atoms with Gasteiger partial charge in [-0.15, -0.1) is 0 Å². The summed E-state index contributed by atoms with van der Waals surface area (Å²) < 4.78 is 0. The van der Waals surface area contributed by atoms with E-state index in [9.17, 15) is 0 Å². The summed E-state index contributed by atoms with van der Waals surface area (Å²) in [4.78, 5) is 3.96. The summed E-state index contributed by atoms with van der Waals surface area (Å²) in [5, 5.41) is 12.3. The monoisotopic (exact) mass is 179 g/mol. The van der Waals surface area contributed by atoms with Crippen LogP contribution < -0.4 is 11.1 Å². The van der Waals surface area contributed by atoms with Crippen LogP contribution in [0.5, 0.6) is 0 Å². The van der Waals surface area contributed by atoms with Crippen molar-refractivity contribution >= 4 is 11.4 Å². The van der Waals surface area contributed by atoms with Gasteiger partial charge in [-0.1, -0.05) is 0 Å². The molecule has 0 spiro atoms. The molecule has 4 heteroatoms. The van der Waals surface area contributed by atoms with E-state index in [2.05, 4.69) is 10.3 Å². The number of nitrogens with one attached hydrogen (secondary N) is 1. The Morgan fingerprint density at radius 1 is 1.54 bits per heavy atom. The number of rotatable bonds is 3. The lowest BCUT2D eigenvalue weighted by molar-refractivity contribution is 0.266. The largest absolute Gasteiger partial charge is 0.397 e. The fourth-order valence-corrected chi connectivity index (χ4v) is 1.31. The van der Waals surface area contributed by atoms with E-state index < -0.39 is 0 Å². The summed E-state index contributed by atoms with van der Waals surface area (Å²) in [6, 6.07) is 1.82. The maximum absolute atomic E-state index is 9.07. The highest BCUT2D eigenvalue weighted by atomic mass is 16.3. The molecule has 0 atom stereocenters. The van der Waals surface area contributed by atoms with Crippen LogP contribution in [0.15, 0.2) is 18.5 Å². The average Bonchev–Trinajstić information content (AvgIpc) is 2.86. The molecular weight excluding hydrogens is 166 g/mol. The van der Waals surface area contributed by atoms with Gasteiger partial charge < -0.3 is 16.2 Å². The molecule has 1 fully saturated rings. The third kappa shape index (κ3) is 1.72. The normalized spacial score (nSPS) is 18.2. The first-order chi connectivity index (χ1) is 6.24. The van der Waals surface area contributed by atoms with E-state index in [1.54, 1.807) is 12.4 Å². The van der Waals surface area contributed by atoms with Gasteiger partial charge in [-0.3, -0.25) is 4.98 Å². The number of nitrogens with two attached hydrogens (primary N) is 1. The summed E-state index contributed by atoms with van der Waals surface area (Å²) in [6.45, 7) is 0.168. The fraction of sp³-hybridized carbons (Fsp3) is 0.444. The fourth-order valence-electron chi connectivity index (χ4n) is 1.31. The van der Waals surface area contributed by atoms with E-state index in [0.717, 1.165) is 18.5 Å². The SMILES string of the molecule is Nc1cncc(NC2(CO)CC2)c1. The molecular formula is C9H13N3O. The Balaban J connectivity index is 2.09. The number of nitrogens with zero attached hydrogens (tertiary/aromatic N) is 1. The number of aliphatic hydroxyl groups is 1. The molecule has 1 aliphatic carbocycles. The Kier molecular flexibility index (Phi) is 1.84. The molecule has 0 bridgehead atoms. The van der Waals surface area contributed by atoms with Crippen LogP contribution in [0.25, 0.3) is 0 Å². The van der Waals surface area contributed by atoms with Gasteiger partial charge in [0.05, 0.1) is 29.7 Å². The second kappa shape index (κ2) is 2.88. The lowest BCUT2D eigenvalue weighted by Gasteiger charge is -2.15. The topological polar surface area (TPSA) is 71.2 Å². The van der Waals surface area contributed by atoms with Gasteiger partial charge in [0.1, 0.15) is 0 Å². The van der Waals surface area contributed by atoms with Gasteiger partial charge in [0.2, 0.25) is 0 Å². The van der Waals surface area contributed by atoms with Crippen molar-refractivity contribution in [3.8, 4) is 0 Å². The standard InChI is InChI=1S/C9H13N3O/c10-7-3-8(5-11-4-7)12-9(6-13)1-2-9/h3-5,12-13H,1-2,6,10H2. The predicted molar refractivity (Wildman–Crippen MR) is 51.3 cm³/mol. The zero-order chi connectivity index (χ0) is 9.31. The van der Waals surface area contributed by atoms with Gasteiger partial charge in [-0.05, 0) is 18.9 Å². The highest BCUT2D eigenvalue weighted by Crippen LogP contribution is 2.38. The number of aliphatic hydroxyl groups excluding tert-OH is 1. The van der Waals surface area contributed by atoms with E-state index in [4.69, 9.17) is 10.8 Å². The number of hydrogen-bond donors (Lipinski definition) is 3. The molecule has 1 heterocycles. The smallest absolute Gasteiger partial charge is 0.0661 e. The first kappa shape index (κ1) is 8.31. The molecule has 1 aromatic rings. The van der Waals surface area contributed by atoms with Gasteiger partial charge in [0.15, 0.2) is 0 Å². The zero-order valence-corrected chi connectivity index (χ0v) is 7.33. The molecule has 1 aromatic heterocycles. The lowest BCUT2D eigenvalue weighted by atomic mass is 10.2. The molecule has 70 valence electrons. The summed E-state index contributed by atoms with van der Waals surface area (Å²) >= 11 is 0. The Bertz CT molecular complexity index is 309. The Morgan fingerprint density at radius 2 is 2.31 bits per heavy atom. The molecule has 0 radical (unpaired) electrons. The molecule has 4 nitrogen and oxygen atoms in total. The molecule has 1 saturated carbocycles. The Labute approximate surface area is 76.8 Å². The van der Waals surface area contributed by atoms with Crippen LogP contribution in [0.1, 0.15) is 12.8 Å². The minimum Gasteiger partial charge on any atom is -0.397 e. The second-order valence-corrected chi connectivity index (χ2v) is 3.57. The first-order valence-electron chi connectivity index (χ1n) is 4.34. The van der Waals surface area contributed by atoms with Gasteiger partial charge in [-0.2, -0.15) is 0 Å². The van der Waals surface area contributed by atoms with Gasteiger partial charge in [0, 0.05) is 6.20 Å². The van der Waals surface area contributed by atoms with Gasteiger partial charge in [-0.25, -0.2) is 0 Å². The predicted octanol–water partition coefficient (Wildman–Crippen LogP) is 0.601. The highest BCUT2D eigenvalue weighted by molar-refractivity contribution is 5.53. The molecule has 0 amide bonds. The highest BCUT2D eigenvalue weighted by Gasteiger charge is 2.41. The Morgan fingerprint density at radius 3 is 2.85 bits per heavy atom. The second-order valence-electron chi connectivity index (χ2n) is 3.57. The summed E-state index contributed by atoms with van der Waals surface area (Å²) in [5.74, 6) is 0. The van der Waals surface area contributed by atoms with Crippen LogP contribution in [-0.4, -0.2) is 22.2 Å². The molecule has 13 heavy (non-hydrogen) atoms. The maximum atomic E-state index is 9.07. The minimum atomic E-state index is -0.102. The van der Waals surface area contributed by atoms with E-state index in [0.29, 0.717) is 5.69 Å². The van der Waals surface area contributed by atoms with Crippen molar-refractivity contribution in [1.82, 2.24) is 4.98 Å². The zero-order valence-electron chi connectivity index (χ0n) is 7.33. The van der Waals surface area contributed by atoms with Crippen molar-refractivity contribution in [1.29, 1.82) is 0 Å². The molecule has 1 aliphatic rings. The number of aromatic nitrogens is 1. The maximum Gasteiger partial charge on any atom is 0.0661 e. The van der Waals surface area contributed by atoms with Gasteiger partial charge >= 0.3 is 0 Å². The first-order valence-corrected chi connectivity index (χ1v) is 4.34. The van der Waals surface area contributed by atoms with Crippen molar-refractivity contribution in [2.24, 2.45) is 0 Å². The van der Waals surface area contributed by atoms with E-state index >= 15 is 0 Å². The molecule has 0 aromatic carbocycles. The Hall–Kier alpha value is -1.29. The number of pyridine rings is 1. The van der Waals surface area contributed by atoms with Crippen molar-refractivity contribution in [2.75, 3.05) is 17.7 Å². The number of hydrogen-bond acceptors (Lipinski definition) is 4. The molecule has 0 aliphatic heterocycles. The number of anilines is 2. The third-order valence-electron chi connectivity index (χ3n) is 2.33. The van der Waals surface area contributed by atoms with Crippen LogP contribution in [0.4, 0.5) is 11.4 Å². The van der Waals surface area contributed by atoms with Crippen molar-refractivity contribution < 1.29 is 5.11 Å². The molecule has 4 N–H and O–H groups in total. The lowest BCUT2D eigenvalue weighted by Crippen LogP contribution is -2.25. The molecule has 0 saturated heterocycles. The van der Waals surface area contributed by atoms with Gasteiger partial charge in [0.25, 0.3) is 0 Å². The quantitative estimate of drug-likeness (QED) is 0.635. The van der Waals surface area contributed by atoms with Crippen molar-refractivity contribution in [2.45, 2.75) is 18.4 Å². The van der Waals surface area contributed by atoms with Crippen molar-refractivity contribution in [3.05, 3.63) is 18.5 Å². The minimum absolute atomic E-state index is 0.102. The van der Waals surface area contributed by atoms with E-state index in [1.165, 1.54) is 0 Å². The average molecular weight is 179 g/mol. The van der Waals surface area contributed by atoms with Crippen molar-refractivity contribution in [3.63, 3.8) is 0 Å². The third-order valence-corrected chi connectivity index (χ3v) is 2.33. The van der Waals surface area contributed by atoms with Crippen LogP contribution in [0.3, 0.4) is 0 Å². The summed E-state index contributed by atoms with van der Waals surface area (Å²) in [5.41, 5.74) is 6.99.